The van der Waals surface area contributed by atoms with Crippen molar-refractivity contribution in [1.82, 2.24) is 25.2 Å². The number of ether oxygens (including phenoxy) is 1. The van der Waals surface area contributed by atoms with Gasteiger partial charge >= 0.3 is 0 Å². The Morgan fingerprint density at radius 2 is 2.26 bits per heavy atom. The molecule has 0 unspecified atom stereocenters. The Morgan fingerprint density at radius 3 is 3.05 bits per heavy atom. The lowest BCUT2D eigenvalue weighted by molar-refractivity contribution is -0.186. The molecule has 0 bridgehead atoms. The number of nitrogens with zero attached hydrogens (tertiary/aromatic N) is 4. The summed E-state index contributed by atoms with van der Waals surface area (Å²) in [7, 11) is 0. The highest BCUT2D eigenvalue weighted by atomic mass is 16.5. The number of benzene rings is 1. The van der Waals surface area contributed by atoms with Crippen LogP contribution in [0.1, 0.15) is 5.69 Å². The predicted octanol–water partition coefficient (Wildman–Crippen LogP) is 0.361. The third-order valence-corrected chi connectivity index (χ3v) is 3.35. The average molecular weight is 257 g/mol. The highest BCUT2D eigenvalue weighted by Crippen LogP contribution is 2.28. The summed E-state index contributed by atoms with van der Waals surface area (Å²) in [5.74, 6) is 0. The smallest absolute Gasteiger partial charge is 0.156 e. The monoisotopic (exact) mass is 257 g/mol. The maximum Gasteiger partial charge on any atom is 0.156 e. The fraction of sp³-hybridized carbons (Fsp3) is 0.250. The average Bonchev–Trinajstić information content (AvgIpc) is 3.04. The van der Waals surface area contributed by atoms with Gasteiger partial charge in [0.25, 0.3) is 0 Å². The molecular formula is C12H11N5O2. The normalized spacial score (nSPS) is 17.5. The van der Waals surface area contributed by atoms with Crippen molar-refractivity contribution in [2.24, 2.45) is 0 Å². The largest absolute Gasteiger partial charge is 0.379 e. The summed E-state index contributed by atoms with van der Waals surface area (Å²) in [6.45, 7) is 0.528. The second-order valence-electron chi connectivity index (χ2n) is 4.68. The van der Waals surface area contributed by atoms with Crippen molar-refractivity contribution in [3.63, 3.8) is 0 Å². The summed E-state index contributed by atoms with van der Waals surface area (Å²) in [5.41, 5.74) is 1.25. The first-order valence-electron chi connectivity index (χ1n) is 5.92. The molecule has 0 atom stereocenters. The molecule has 96 valence electrons. The standard InChI is InChI=1S/C12H11N5O2/c18-12(6-19-7-12)10-5-17(16-14-10)9-3-1-2-8-4-13-15-11(8)9/h1-5,18H,6-7H2,(H,13,15). The van der Waals surface area contributed by atoms with E-state index in [0.717, 1.165) is 16.6 Å². The van der Waals surface area contributed by atoms with Crippen molar-refractivity contribution in [3.8, 4) is 5.69 Å². The van der Waals surface area contributed by atoms with E-state index in [-0.39, 0.29) is 13.2 Å². The number of nitrogens with one attached hydrogen (secondary N) is 1. The zero-order chi connectivity index (χ0) is 12.9. The topological polar surface area (TPSA) is 88.8 Å². The van der Waals surface area contributed by atoms with Crippen LogP contribution in [0.4, 0.5) is 0 Å². The molecule has 0 radical (unpaired) electrons. The van der Waals surface area contributed by atoms with Crippen molar-refractivity contribution in [1.29, 1.82) is 0 Å². The zero-order valence-electron chi connectivity index (χ0n) is 9.95. The van der Waals surface area contributed by atoms with Gasteiger partial charge in [0.2, 0.25) is 0 Å². The van der Waals surface area contributed by atoms with Crippen LogP contribution < -0.4 is 0 Å². The Balaban J connectivity index is 1.82. The molecule has 4 rings (SSSR count). The van der Waals surface area contributed by atoms with Gasteiger partial charge in [-0.25, -0.2) is 4.68 Å². The molecule has 1 aromatic carbocycles. The summed E-state index contributed by atoms with van der Waals surface area (Å²) in [4.78, 5) is 0. The van der Waals surface area contributed by atoms with Crippen LogP contribution in [0.3, 0.4) is 0 Å². The van der Waals surface area contributed by atoms with Crippen LogP contribution in [0.5, 0.6) is 0 Å². The number of fused-ring (bicyclic) bond motifs is 1. The molecule has 1 aliphatic heterocycles. The molecule has 0 spiro atoms. The predicted molar refractivity (Wildman–Crippen MR) is 65.7 cm³/mol. The fourth-order valence-electron chi connectivity index (χ4n) is 2.18. The lowest BCUT2D eigenvalue weighted by Crippen LogP contribution is -2.46. The van der Waals surface area contributed by atoms with Gasteiger partial charge in [-0.15, -0.1) is 5.10 Å². The van der Waals surface area contributed by atoms with Gasteiger partial charge < -0.3 is 9.84 Å². The van der Waals surface area contributed by atoms with E-state index < -0.39 is 5.60 Å². The minimum atomic E-state index is -1.000. The van der Waals surface area contributed by atoms with Gasteiger partial charge in [0.1, 0.15) is 5.69 Å². The Kier molecular flexibility index (Phi) is 2.03. The summed E-state index contributed by atoms with van der Waals surface area (Å²) in [5, 5.41) is 26.2. The van der Waals surface area contributed by atoms with Crippen LogP contribution in [0.25, 0.3) is 16.6 Å². The van der Waals surface area contributed by atoms with Gasteiger partial charge in [-0.3, -0.25) is 5.10 Å². The molecule has 1 aliphatic rings. The number of hydrogen-bond donors (Lipinski definition) is 2. The van der Waals surface area contributed by atoms with Gasteiger partial charge in [0, 0.05) is 5.39 Å². The van der Waals surface area contributed by atoms with Crippen molar-refractivity contribution in [2.45, 2.75) is 5.60 Å². The molecule has 1 saturated heterocycles. The van der Waals surface area contributed by atoms with Crippen LogP contribution in [0, 0.1) is 0 Å². The molecule has 1 fully saturated rings. The van der Waals surface area contributed by atoms with Gasteiger partial charge in [0.05, 0.1) is 36.8 Å². The van der Waals surface area contributed by atoms with Crippen molar-refractivity contribution in [2.75, 3.05) is 13.2 Å². The summed E-state index contributed by atoms with van der Waals surface area (Å²) in [6.07, 6.45) is 3.47. The van der Waals surface area contributed by atoms with Gasteiger partial charge in [-0.05, 0) is 6.07 Å². The van der Waals surface area contributed by atoms with Crippen molar-refractivity contribution >= 4 is 10.9 Å². The number of H-pyrrole nitrogens is 1. The first-order valence-corrected chi connectivity index (χ1v) is 5.92. The molecular weight excluding hydrogens is 246 g/mol. The van der Waals surface area contributed by atoms with Crippen molar-refractivity contribution < 1.29 is 9.84 Å². The van der Waals surface area contributed by atoms with Crippen molar-refractivity contribution in [3.05, 3.63) is 36.3 Å². The van der Waals surface area contributed by atoms with E-state index in [1.54, 1.807) is 17.1 Å². The van der Waals surface area contributed by atoms with Gasteiger partial charge in [-0.1, -0.05) is 17.3 Å². The number of para-hydroxylation sites is 1. The van der Waals surface area contributed by atoms with Crippen LogP contribution >= 0.6 is 0 Å². The number of aromatic nitrogens is 5. The minimum Gasteiger partial charge on any atom is -0.379 e. The van der Waals surface area contributed by atoms with Crippen LogP contribution in [-0.2, 0) is 10.3 Å². The summed E-state index contributed by atoms with van der Waals surface area (Å²) >= 11 is 0. The van der Waals surface area contributed by atoms with E-state index in [4.69, 9.17) is 4.74 Å². The van der Waals surface area contributed by atoms with E-state index in [0.29, 0.717) is 5.69 Å². The van der Waals surface area contributed by atoms with Crippen LogP contribution in [0.2, 0.25) is 0 Å². The molecule has 0 saturated carbocycles. The van der Waals surface area contributed by atoms with Crippen LogP contribution in [-0.4, -0.2) is 43.5 Å². The lowest BCUT2D eigenvalue weighted by atomic mass is 9.99. The Labute approximate surface area is 107 Å². The van der Waals surface area contributed by atoms with E-state index in [2.05, 4.69) is 20.5 Å². The van der Waals surface area contributed by atoms with Crippen LogP contribution in [0.15, 0.2) is 30.6 Å². The second kappa shape index (κ2) is 3.62. The first-order chi connectivity index (χ1) is 9.26. The number of hydrogen-bond acceptors (Lipinski definition) is 5. The molecule has 3 heterocycles. The van der Waals surface area contributed by atoms with E-state index in [1.807, 2.05) is 18.2 Å². The Morgan fingerprint density at radius 1 is 1.37 bits per heavy atom. The highest BCUT2D eigenvalue weighted by molar-refractivity contribution is 5.85. The third-order valence-electron chi connectivity index (χ3n) is 3.35. The fourth-order valence-corrected chi connectivity index (χ4v) is 2.18. The molecule has 3 aromatic rings. The Bertz CT molecular complexity index is 743. The molecule has 7 nitrogen and oxygen atoms in total. The minimum absolute atomic E-state index is 0.264. The molecule has 2 N–H and O–H groups in total. The van der Waals surface area contributed by atoms with Gasteiger partial charge in [-0.2, -0.15) is 5.10 Å². The third kappa shape index (κ3) is 1.49. The SMILES string of the molecule is OC1(c2cn(-c3cccc4cn[nH]c34)nn2)COC1. The quantitative estimate of drug-likeness (QED) is 0.692. The molecule has 7 heteroatoms. The summed E-state index contributed by atoms with van der Waals surface area (Å²) < 4.78 is 6.65. The van der Waals surface area contributed by atoms with E-state index in [9.17, 15) is 5.11 Å². The maximum absolute atomic E-state index is 10.2. The first kappa shape index (κ1) is 10.7. The zero-order valence-corrected chi connectivity index (χ0v) is 9.95. The molecule has 0 amide bonds. The van der Waals surface area contributed by atoms with E-state index >= 15 is 0 Å². The summed E-state index contributed by atoms with van der Waals surface area (Å²) in [6, 6.07) is 5.81. The number of aromatic amines is 1. The Hall–Kier alpha value is -2.25. The second-order valence-corrected chi connectivity index (χ2v) is 4.68. The lowest BCUT2D eigenvalue weighted by Gasteiger charge is -2.34. The number of rotatable bonds is 2. The maximum atomic E-state index is 10.2. The molecule has 19 heavy (non-hydrogen) atoms. The highest BCUT2D eigenvalue weighted by Gasteiger charge is 2.40. The molecule has 2 aromatic heterocycles. The van der Waals surface area contributed by atoms with Gasteiger partial charge in [0.15, 0.2) is 5.60 Å². The van der Waals surface area contributed by atoms with E-state index in [1.165, 1.54) is 0 Å². The number of aliphatic hydroxyl groups is 1. The molecule has 0 aliphatic carbocycles.